The van der Waals surface area contributed by atoms with Gasteiger partial charge in [0.05, 0.1) is 24.7 Å². The number of carbonyl (C=O) groups excluding carboxylic acids is 3. The lowest BCUT2D eigenvalue weighted by Crippen LogP contribution is -2.25. The molecule has 3 aromatic rings. The van der Waals surface area contributed by atoms with Crippen LogP contribution in [0.4, 0.5) is 5.69 Å². The molecule has 0 aliphatic carbocycles. The molecule has 1 amide bonds. The predicted octanol–water partition coefficient (Wildman–Crippen LogP) is 2.25. The van der Waals surface area contributed by atoms with Crippen LogP contribution < -0.4 is 14.8 Å². The van der Waals surface area contributed by atoms with Crippen molar-refractivity contribution in [3.8, 4) is 17.2 Å². The molecule has 9 heteroatoms. The molecule has 1 N–H and O–H groups in total. The standard InChI is InChI=1S/C21H17N3O6/c1-28-18-10-24(14-5-3-2-4-6-14)23-20(18)21(27)30-11-16(25)13-7-8-17-15(9-13)22-19(26)12-29-17/h2-10H,11-12H2,1H3,(H,22,26). The van der Waals surface area contributed by atoms with Crippen molar-refractivity contribution in [2.45, 2.75) is 0 Å². The number of para-hydroxylation sites is 1. The molecule has 0 saturated heterocycles. The number of esters is 1. The van der Waals surface area contributed by atoms with Crippen LogP contribution in [-0.4, -0.2) is 47.8 Å². The van der Waals surface area contributed by atoms with E-state index in [1.165, 1.54) is 23.9 Å². The smallest absolute Gasteiger partial charge is 0.363 e. The van der Waals surface area contributed by atoms with Crippen LogP contribution in [-0.2, 0) is 9.53 Å². The summed E-state index contributed by atoms with van der Waals surface area (Å²) in [5, 5.41) is 6.84. The van der Waals surface area contributed by atoms with Crippen LogP contribution in [0, 0.1) is 0 Å². The highest BCUT2D eigenvalue weighted by atomic mass is 16.5. The van der Waals surface area contributed by atoms with Crippen molar-refractivity contribution in [3.05, 3.63) is 66.0 Å². The fourth-order valence-electron chi connectivity index (χ4n) is 2.90. The van der Waals surface area contributed by atoms with Gasteiger partial charge in [-0.3, -0.25) is 9.59 Å². The lowest BCUT2D eigenvalue weighted by molar-refractivity contribution is -0.118. The SMILES string of the molecule is COc1cn(-c2ccccc2)nc1C(=O)OCC(=O)c1ccc2c(c1)NC(=O)CO2. The minimum atomic E-state index is -0.788. The quantitative estimate of drug-likeness (QED) is 0.493. The van der Waals surface area contributed by atoms with E-state index in [0.29, 0.717) is 11.4 Å². The highest BCUT2D eigenvalue weighted by Crippen LogP contribution is 2.28. The molecule has 9 nitrogen and oxygen atoms in total. The number of rotatable bonds is 6. The van der Waals surface area contributed by atoms with Crippen molar-refractivity contribution in [1.29, 1.82) is 0 Å². The van der Waals surface area contributed by atoms with Crippen LogP contribution in [0.5, 0.6) is 11.5 Å². The summed E-state index contributed by atoms with van der Waals surface area (Å²) >= 11 is 0. The second kappa shape index (κ2) is 8.08. The van der Waals surface area contributed by atoms with Gasteiger partial charge in [-0.25, -0.2) is 9.48 Å². The molecule has 0 bridgehead atoms. The minimum absolute atomic E-state index is 0.0414. The summed E-state index contributed by atoms with van der Waals surface area (Å²) < 4.78 is 17.1. The van der Waals surface area contributed by atoms with Crippen molar-refractivity contribution in [1.82, 2.24) is 9.78 Å². The van der Waals surface area contributed by atoms with Crippen molar-refractivity contribution < 1.29 is 28.6 Å². The summed E-state index contributed by atoms with van der Waals surface area (Å²) in [5.41, 5.74) is 1.37. The van der Waals surface area contributed by atoms with Crippen LogP contribution in [0.25, 0.3) is 5.69 Å². The molecule has 1 aliphatic heterocycles. The van der Waals surface area contributed by atoms with E-state index in [2.05, 4.69) is 10.4 Å². The van der Waals surface area contributed by atoms with E-state index in [0.717, 1.165) is 5.69 Å². The van der Waals surface area contributed by atoms with Crippen molar-refractivity contribution >= 4 is 23.3 Å². The Labute approximate surface area is 171 Å². The molecule has 0 spiro atoms. The molecule has 2 aromatic carbocycles. The van der Waals surface area contributed by atoms with Gasteiger partial charge in [0.1, 0.15) is 5.75 Å². The Morgan fingerprint density at radius 3 is 2.77 bits per heavy atom. The van der Waals surface area contributed by atoms with Crippen molar-refractivity contribution in [2.75, 3.05) is 25.6 Å². The Kier molecular flexibility index (Phi) is 5.17. The van der Waals surface area contributed by atoms with Gasteiger partial charge in [-0.2, -0.15) is 5.10 Å². The number of hydrogen-bond donors (Lipinski definition) is 1. The zero-order valence-corrected chi connectivity index (χ0v) is 16.0. The molecule has 30 heavy (non-hydrogen) atoms. The number of benzene rings is 2. The molecule has 4 rings (SSSR count). The molecule has 1 aliphatic rings. The van der Waals surface area contributed by atoms with E-state index in [1.807, 2.05) is 30.3 Å². The van der Waals surface area contributed by atoms with Crippen molar-refractivity contribution in [2.24, 2.45) is 0 Å². The number of anilines is 1. The summed E-state index contributed by atoms with van der Waals surface area (Å²) in [6.45, 7) is -0.566. The molecular formula is C21H17N3O6. The number of nitrogens with zero attached hydrogens (tertiary/aromatic N) is 2. The number of nitrogens with one attached hydrogen (secondary N) is 1. The first-order valence-corrected chi connectivity index (χ1v) is 9.01. The highest BCUT2D eigenvalue weighted by Gasteiger charge is 2.22. The molecular weight excluding hydrogens is 390 g/mol. The number of Topliss-reactive ketones (excluding diaryl/α,β-unsaturated/α-hetero) is 1. The van der Waals surface area contributed by atoms with Crippen LogP contribution in [0.2, 0.25) is 0 Å². The van der Waals surface area contributed by atoms with Gasteiger partial charge < -0.3 is 19.5 Å². The monoisotopic (exact) mass is 407 g/mol. The van der Waals surface area contributed by atoms with E-state index in [1.54, 1.807) is 12.3 Å². The summed E-state index contributed by atoms with van der Waals surface area (Å²) in [4.78, 5) is 36.3. The molecule has 1 aromatic heterocycles. The fourth-order valence-corrected chi connectivity index (χ4v) is 2.90. The highest BCUT2D eigenvalue weighted by molar-refractivity contribution is 6.02. The van der Waals surface area contributed by atoms with E-state index < -0.39 is 18.4 Å². The third kappa shape index (κ3) is 3.86. The molecule has 0 atom stereocenters. The maximum atomic E-state index is 12.5. The number of ether oxygens (including phenoxy) is 3. The minimum Gasteiger partial charge on any atom is -0.493 e. The molecule has 152 valence electrons. The Hall–Kier alpha value is -4.14. The molecule has 0 fully saturated rings. The van der Waals surface area contributed by atoms with E-state index in [9.17, 15) is 14.4 Å². The second-order valence-corrected chi connectivity index (χ2v) is 6.37. The summed E-state index contributed by atoms with van der Waals surface area (Å²) in [7, 11) is 1.41. The van der Waals surface area contributed by atoms with Gasteiger partial charge >= 0.3 is 5.97 Å². The zero-order chi connectivity index (χ0) is 21.1. The Morgan fingerprint density at radius 2 is 2.00 bits per heavy atom. The summed E-state index contributed by atoms with van der Waals surface area (Å²) in [5.74, 6) is -0.833. The lowest BCUT2D eigenvalue weighted by Gasteiger charge is -2.18. The molecule has 0 unspecified atom stereocenters. The second-order valence-electron chi connectivity index (χ2n) is 6.37. The molecule has 2 heterocycles. The number of ketones is 1. The van der Waals surface area contributed by atoms with E-state index in [-0.39, 0.29) is 29.5 Å². The van der Waals surface area contributed by atoms with E-state index in [4.69, 9.17) is 14.2 Å². The van der Waals surface area contributed by atoms with Crippen LogP contribution in [0.3, 0.4) is 0 Å². The van der Waals surface area contributed by atoms with Crippen LogP contribution in [0.1, 0.15) is 20.8 Å². The Bertz CT molecular complexity index is 1120. The number of aromatic nitrogens is 2. The van der Waals surface area contributed by atoms with E-state index >= 15 is 0 Å². The van der Waals surface area contributed by atoms with Crippen LogP contribution >= 0.6 is 0 Å². The molecule has 0 radical (unpaired) electrons. The first kappa shape index (κ1) is 19.2. The van der Waals surface area contributed by atoms with Gasteiger partial charge in [0, 0.05) is 5.56 Å². The van der Waals surface area contributed by atoms with Crippen LogP contribution in [0.15, 0.2) is 54.7 Å². The zero-order valence-electron chi connectivity index (χ0n) is 16.0. The summed E-state index contributed by atoms with van der Waals surface area (Å²) in [6.07, 6.45) is 1.56. The number of amides is 1. The summed E-state index contributed by atoms with van der Waals surface area (Å²) in [6, 6.07) is 13.8. The maximum Gasteiger partial charge on any atom is 0.363 e. The lowest BCUT2D eigenvalue weighted by atomic mass is 10.1. The fraction of sp³-hybridized carbons (Fsp3) is 0.143. The third-order valence-electron chi connectivity index (χ3n) is 4.38. The van der Waals surface area contributed by atoms with Gasteiger partial charge in [-0.1, -0.05) is 18.2 Å². The van der Waals surface area contributed by atoms with Gasteiger partial charge in [0.2, 0.25) is 5.69 Å². The number of methoxy groups -OCH3 is 1. The normalized spacial score (nSPS) is 12.4. The van der Waals surface area contributed by atoms with Gasteiger partial charge in [-0.05, 0) is 30.3 Å². The average Bonchev–Trinajstić information content (AvgIpc) is 3.22. The third-order valence-corrected chi connectivity index (χ3v) is 4.38. The number of carbonyl (C=O) groups is 3. The first-order chi connectivity index (χ1) is 14.5. The first-order valence-electron chi connectivity index (χ1n) is 9.01. The predicted molar refractivity (Wildman–Crippen MR) is 105 cm³/mol. The Morgan fingerprint density at radius 1 is 1.20 bits per heavy atom. The number of fused-ring (bicyclic) bond motifs is 1. The van der Waals surface area contributed by atoms with Gasteiger partial charge in [-0.15, -0.1) is 0 Å². The van der Waals surface area contributed by atoms with Crippen molar-refractivity contribution in [3.63, 3.8) is 0 Å². The maximum absolute atomic E-state index is 12.5. The number of hydrogen-bond acceptors (Lipinski definition) is 7. The molecule has 0 saturated carbocycles. The average molecular weight is 407 g/mol. The topological polar surface area (TPSA) is 109 Å². The van der Waals surface area contributed by atoms with Gasteiger partial charge in [0.25, 0.3) is 5.91 Å². The van der Waals surface area contributed by atoms with Gasteiger partial charge in [0.15, 0.2) is 24.7 Å². The Balaban J connectivity index is 1.46. The largest absolute Gasteiger partial charge is 0.493 e.